The van der Waals surface area contributed by atoms with Crippen LogP contribution in [0, 0.1) is 11.8 Å². The number of hydrogen-bond acceptors (Lipinski definition) is 2. The van der Waals surface area contributed by atoms with Gasteiger partial charge in [-0.15, -0.1) is 0 Å². The molecule has 3 heteroatoms. The third-order valence-electron chi connectivity index (χ3n) is 3.61. The highest BCUT2D eigenvalue weighted by molar-refractivity contribution is 5.70. The highest BCUT2D eigenvalue weighted by atomic mass is 16.5. The van der Waals surface area contributed by atoms with E-state index in [1.54, 1.807) is 0 Å². The van der Waals surface area contributed by atoms with Crippen LogP contribution in [0.5, 0.6) is 0 Å². The molecule has 2 rings (SSSR count). The fourth-order valence-corrected chi connectivity index (χ4v) is 2.65. The van der Waals surface area contributed by atoms with E-state index in [0.717, 1.165) is 5.92 Å². The first-order chi connectivity index (χ1) is 8.31. The maximum Gasteiger partial charge on any atom is 0.417 e. The molecule has 0 aromatic carbocycles. The van der Waals surface area contributed by atoms with Crippen LogP contribution >= 0.6 is 0 Å². The molecular formula is C14H21NO2. The van der Waals surface area contributed by atoms with Crippen LogP contribution in [-0.2, 0) is 4.74 Å². The molecule has 0 saturated heterocycles. The molecule has 0 aromatic heterocycles. The van der Waals surface area contributed by atoms with E-state index in [9.17, 15) is 4.79 Å². The maximum atomic E-state index is 11.5. The average molecular weight is 235 g/mol. The molecule has 1 fully saturated rings. The predicted molar refractivity (Wildman–Crippen MR) is 67.2 cm³/mol. The molecule has 0 atom stereocenters. The summed E-state index contributed by atoms with van der Waals surface area (Å²) in [6, 6.07) is 0. The van der Waals surface area contributed by atoms with E-state index in [2.05, 4.69) is 12.2 Å². The number of carbonyl (C=O) groups excluding carboxylic acids is 1. The van der Waals surface area contributed by atoms with E-state index in [1.807, 2.05) is 19.3 Å². The summed E-state index contributed by atoms with van der Waals surface area (Å²) in [7, 11) is 0. The van der Waals surface area contributed by atoms with Gasteiger partial charge in [0.1, 0.15) is 0 Å². The van der Waals surface area contributed by atoms with Crippen LogP contribution < -0.4 is 0 Å². The van der Waals surface area contributed by atoms with Gasteiger partial charge in [0.15, 0.2) is 0 Å². The molecule has 3 nitrogen and oxygen atoms in total. The molecule has 0 spiro atoms. The molecule has 17 heavy (non-hydrogen) atoms. The summed E-state index contributed by atoms with van der Waals surface area (Å²) in [6.07, 6.45) is 14.4. The molecule has 0 aromatic rings. The molecule has 1 aliphatic carbocycles. The molecule has 1 aliphatic heterocycles. The number of ether oxygens (including phenoxy) is 1. The van der Waals surface area contributed by atoms with E-state index in [4.69, 9.17) is 4.74 Å². The second-order valence-electron chi connectivity index (χ2n) is 4.76. The van der Waals surface area contributed by atoms with Crippen LogP contribution in [0.4, 0.5) is 4.79 Å². The zero-order valence-corrected chi connectivity index (χ0v) is 10.5. The van der Waals surface area contributed by atoms with E-state index < -0.39 is 0 Å². The molecule has 0 radical (unpaired) electrons. The standard InChI is InChI=1S/C14H21NO2/c1-2-17-14(16)15-10-8-13(9-11-15)12-6-4-3-5-7-12/h8-13H,2-7H2,1H3. The van der Waals surface area contributed by atoms with Gasteiger partial charge in [0.25, 0.3) is 0 Å². The average Bonchev–Trinajstić information content (AvgIpc) is 2.40. The summed E-state index contributed by atoms with van der Waals surface area (Å²) in [6.45, 7) is 2.24. The molecule has 0 bridgehead atoms. The molecule has 1 amide bonds. The van der Waals surface area contributed by atoms with Crippen LogP contribution in [0.15, 0.2) is 24.6 Å². The highest BCUT2D eigenvalue weighted by Gasteiger charge is 2.22. The molecule has 1 saturated carbocycles. The van der Waals surface area contributed by atoms with E-state index in [-0.39, 0.29) is 6.09 Å². The Bertz CT molecular complexity index is 302. The van der Waals surface area contributed by atoms with Crippen LogP contribution in [-0.4, -0.2) is 17.6 Å². The number of carbonyl (C=O) groups is 1. The Balaban J connectivity index is 1.88. The van der Waals surface area contributed by atoms with E-state index in [0.29, 0.717) is 12.5 Å². The van der Waals surface area contributed by atoms with E-state index >= 15 is 0 Å². The SMILES string of the molecule is CCOC(=O)N1C=CC(C2CCCCC2)C=C1. The van der Waals surface area contributed by atoms with Crippen molar-refractivity contribution in [3.05, 3.63) is 24.6 Å². The Labute approximate surface area is 103 Å². The minimum Gasteiger partial charge on any atom is -0.449 e. The van der Waals surface area contributed by atoms with Crippen molar-refractivity contribution in [2.24, 2.45) is 11.8 Å². The Morgan fingerprint density at radius 1 is 1.24 bits per heavy atom. The molecule has 0 unspecified atom stereocenters. The van der Waals surface area contributed by atoms with Gasteiger partial charge in [-0.25, -0.2) is 4.79 Å². The number of nitrogens with zero attached hydrogens (tertiary/aromatic N) is 1. The summed E-state index contributed by atoms with van der Waals surface area (Å²) in [5, 5.41) is 0. The number of allylic oxidation sites excluding steroid dienone is 2. The highest BCUT2D eigenvalue weighted by Crippen LogP contribution is 2.32. The monoisotopic (exact) mass is 235 g/mol. The number of hydrogen-bond donors (Lipinski definition) is 0. The van der Waals surface area contributed by atoms with Crippen LogP contribution in [0.3, 0.4) is 0 Å². The quantitative estimate of drug-likeness (QED) is 0.730. The summed E-state index contributed by atoms with van der Waals surface area (Å²) in [5.74, 6) is 1.27. The van der Waals surface area contributed by atoms with Crippen molar-refractivity contribution in [3.8, 4) is 0 Å². The normalized spacial score (nSPS) is 21.8. The molecule has 1 heterocycles. The number of amides is 1. The Morgan fingerprint density at radius 3 is 2.47 bits per heavy atom. The molecule has 94 valence electrons. The molecular weight excluding hydrogens is 214 g/mol. The van der Waals surface area contributed by atoms with Gasteiger partial charge in [0, 0.05) is 18.3 Å². The van der Waals surface area contributed by atoms with Crippen molar-refractivity contribution in [1.29, 1.82) is 0 Å². The van der Waals surface area contributed by atoms with Gasteiger partial charge in [-0.1, -0.05) is 31.4 Å². The topological polar surface area (TPSA) is 29.5 Å². The van der Waals surface area contributed by atoms with Crippen molar-refractivity contribution in [3.63, 3.8) is 0 Å². The zero-order chi connectivity index (χ0) is 12.1. The van der Waals surface area contributed by atoms with Crippen LogP contribution in [0.25, 0.3) is 0 Å². The Morgan fingerprint density at radius 2 is 1.88 bits per heavy atom. The van der Waals surface area contributed by atoms with Gasteiger partial charge < -0.3 is 4.74 Å². The first kappa shape index (κ1) is 12.2. The van der Waals surface area contributed by atoms with Gasteiger partial charge in [-0.05, 0) is 25.7 Å². The van der Waals surface area contributed by atoms with Gasteiger partial charge >= 0.3 is 6.09 Å². The Hall–Kier alpha value is -1.25. The Kier molecular flexibility index (Phi) is 4.24. The maximum absolute atomic E-state index is 11.5. The lowest BCUT2D eigenvalue weighted by Crippen LogP contribution is -2.25. The van der Waals surface area contributed by atoms with Crippen molar-refractivity contribution < 1.29 is 9.53 Å². The fourth-order valence-electron chi connectivity index (χ4n) is 2.65. The number of rotatable bonds is 2. The minimum atomic E-state index is -0.290. The molecule has 2 aliphatic rings. The van der Waals surface area contributed by atoms with Gasteiger partial charge in [-0.2, -0.15) is 0 Å². The predicted octanol–water partition coefficient (Wildman–Crippen LogP) is 3.68. The van der Waals surface area contributed by atoms with Crippen LogP contribution in [0.1, 0.15) is 39.0 Å². The third kappa shape index (κ3) is 3.11. The van der Waals surface area contributed by atoms with Crippen LogP contribution in [0.2, 0.25) is 0 Å². The lowest BCUT2D eigenvalue weighted by atomic mass is 9.79. The van der Waals surface area contributed by atoms with Crippen molar-refractivity contribution in [1.82, 2.24) is 4.90 Å². The summed E-state index contributed by atoms with van der Waals surface area (Å²) in [5.41, 5.74) is 0. The van der Waals surface area contributed by atoms with Gasteiger partial charge in [0.2, 0.25) is 0 Å². The minimum absolute atomic E-state index is 0.290. The second kappa shape index (κ2) is 5.89. The van der Waals surface area contributed by atoms with Crippen molar-refractivity contribution >= 4 is 6.09 Å². The lowest BCUT2D eigenvalue weighted by molar-refractivity contribution is 0.132. The van der Waals surface area contributed by atoms with Gasteiger partial charge in [0.05, 0.1) is 6.61 Å². The molecule has 0 N–H and O–H groups in total. The summed E-state index contributed by atoms with van der Waals surface area (Å²) >= 11 is 0. The summed E-state index contributed by atoms with van der Waals surface area (Å²) < 4.78 is 4.95. The van der Waals surface area contributed by atoms with Gasteiger partial charge in [-0.3, -0.25) is 4.90 Å². The first-order valence-corrected chi connectivity index (χ1v) is 6.63. The van der Waals surface area contributed by atoms with E-state index in [1.165, 1.54) is 37.0 Å². The van der Waals surface area contributed by atoms with Crippen molar-refractivity contribution in [2.45, 2.75) is 39.0 Å². The zero-order valence-electron chi connectivity index (χ0n) is 10.5. The second-order valence-corrected chi connectivity index (χ2v) is 4.76. The lowest BCUT2D eigenvalue weighted by Gasteiger charge is -2.29. The summed E-state index contributed by atoms with van der Waals surface area (Å²) in [4.78, 5) is 13.0. The third-order valence-corrected chi connectivity index (χ3v) is 3.61. The largest absolute Gasteiger partial charge is 0.449 e. The first-order valence-electron chi connectivity index (χ1n) is 6.63. The fraction of sp³-hybridized carbons (Fsp3) is 0.643. The van der Waals surface area contributed by atoms with Crippen molar-refractivity contribution in [2.75, 3.05) is 6.61 Å². The smallest absolute Gasteiger partial charge is 0.417 e.